The largest absolute Gasteiger partial charge is 0.378 e. The van der Waals surface area contributed by atoms with Crippen molar-refractivity contribution in [1.29, 1.82) is 0 Å². The fourth-order valence-corrected chi connectivity index (χ4v) is 5.84. The van der Waals surface area contributed by atoms with Gasteiger partial charge in [0.2, 0.25) is 0 Å². The maximum atomic E-state index is 13.0. The molecule has 182 valence electrons. The molecule has 1 aromatic heterocycles. The van der Waals surface area contributed by atoms with Crippen LogP contribution in [0.15, 0.2) is 53.9 Å². The van der Waals surface area contributed by atoms with Gasteiger partial charge in [-0.1, -0.05) is 48.0 Å². The molecule has 5 rings (SSSR count). The van der Waals surface area contributed by atoms with Crippen LogP contribution in [0.1, 0.15) is 69.5 Å². The number of nitrogens with zero attached hydrogens (tertiary/aromatic N) is 2. The molecule has 0 saturated carbocycles. The predicted molar refractivity (Wildman–Crippen MR) is 138 cm³/mol. The summed E-state index contributed by atoms with van der Waals surface area (Å²) < 4.78 is 0. The smallest absolute Gasteiger partial charge is 0.256 e. The molecule has 0 bridgehead atoms. The van der Waals surface area contributed by atoms with E-state index in [2.05, 4.69) is 36.0 Å². The summed E-state index contributed by atoms with van der Waals surface area (Å²) in [6, 6.07) is 14.1. The van der Waals surface area contributed by atoms with E-state index in [9.17, 15) is 9.90 Å². The Labute approximate surface area is 210 Å². The first kappa shape index (κ1) is 23.7. The maximum absolute atomic E-state index is 13.0. The van der Waals surface area contributed by atoms with Crippen LogP contribution in [0.2, 0.25) is 0 Å². The van der Waals surface area contributed by atoms with E-state index in [0.29, 0.717) is 24.6 Å². The number of rotatable bonds is 5. The van der Waals surface area contributed by atoms with Crippen LogP contribution >= 0.6 is 11.3 Å². The van der Waals surface area contributed by atoms with Gasteiger partial charge in [-0.25, -0.2) is 4.98 Å². The number of thiazole rings is 1. The topological polar surface area (TPSA) is 74.7 Å². The molecule has 0 radical (unpaired) electrons. The van der Waals surface area contributed by atoms with Crippen molar-refractivity contribution in [3.8, 4) is 0 Å². The van der Waals surface area contributed by atoms with Gasteiger partial charge in [0.1, 0.15) is 6.10 Å². The van der Waals surface area contributed by atoms with Gasteiger partial charge in [0.05, 0.1) is 16.4 Å². The number of nitrogens with one attached hydrogen (secondary N) is 1. The number of hydrogen-bond donors (Lipinski definition) is 2. The number of hydrogen-bond acceptors (Lipinski definition) is 6. The number of hydroxylamine groups is 1. The Morgan fingerprint density at radius 1 is 1.14 bits per heavy atom. The molecule has 0 aliphatic carbocycles. The molecule has 2 unspecified atom stereocenters. The third-order valence-electron chi connectivity index (χ3n) is 7.03. The second-order valence-corrected chi connectivity index (χ2v) is 10.4. The van der Waals surface area contributed by atoms with Crippen LogP contribution in [-0.2, 0) is 9.63 Å². The zero-order valence-corrected chi connectivity index (χ0v) is 21.1. The average molecular weight is 490 g/mol. The van der Waals surface area contributed by atoms with Crippen molar-refractivity contribution in [3.05, 3.63) is 92.4 Å². The summed E-state index contributed by atoms with van der Waals surface area (Å²) >= 11 is 1.66. The number of aliphatic hydroxyl groups is 1. The minimum Gasteiger partial charge on any atom is -0.378 e. The minimum absolute atomic E-state index is 0.130. The first-order valence-corrected chi connectivity index (χ1v) is 13.0. The summed E-state index contributed by atoms with van der Waals surface area (Å²) in [5, 5.41) is 13.9. The SMILES string of the molecule is Cc1ccc(C)c(C(O)C(=O)N2CCC(c3nc(C4=CC(c5ccccc5C)ON4)cs3)CC2)c1. The van der Waals surface area contributed by atoms with E-state index in [1.54, 1.807) is 16.2 Å². The number of aliphatic hydroxyl groups excluding tert-OH is 1. The molecule has 1 saturated heterocycles. The van der Waals surface area contributed by atoms with Crippen LogP contribution in [0, 0.1) is 20.8 Å². The Morgan fingerprint density at radius 2 is 1.91 bits per heavy atom. The van der Waals surface area contributed by atoms with Gasteiger partial charge in [-0.05, 0) is 61.9 Å². The van der Waals surface area contributed by atoms with Crippen molar-refractivity contribution >= 4 is 22.9 Å². The Morgan fingerprint density at radius 3 is 2.69 bits per heavy atom. The molecule has 2 aliphatic rings. The van der Waals surface area contributed by atoms with Gasteiger partial charge in [-0.15, -0.1) is 11.3 Å². The van der Waals surface area contributed by atoms with Crippen LogP contribution in [0.3, 0.4) is 0 Å². The zero-order valence-electron chi connectivity index (χ0n) is 20.3. The van der Waals surface area contributed by atoms with E-state index >= 15 is 0 Å². The van der Waals surface area contributed by atoms with Crippen molar-refractivity contribution in [1.82, 2.24) is 15.4 Å². The van der Waals surface area contributed by atoms with Crippen LogP contribution in [0.4, 0.5) is 0 Å². The van der Waals surface area contributed by atoms with E-state index in [1.165, 1.54) is 5.56 Å². The number of piperidine rings is 1. The van der Waals surface area contributed by atoms with Gasteiger partial charge >= 0.3 is 0 Å². The molecule has 2 aliphatic heterocycles. The standard InChI is InChI=1S/C28H31N3O3S/c1-17-8-9-19(3)22(14-17)26(32)28(33)31-12-10-20(11-13-31)27-29-24(16-35-27)23-15-25(34-30-23)21-7-5-4-6-18(21)2/h4-9,14-16,20,25-26,30,32H,10-13H2,1-3H3. The quantitative estimate of drug-likeness (QED) is 0.520. The second-order valence-electron chi connectivity index (χ2n) is 9.51. The van der Waals surface area contributed by atoms with E-state index < -0.39 is 6.10 Å². The van der Waals surface area contributed by atoms with Crippen molar-refractivity contribution in [2.75, 3.05) is 13.1 Å². The third-order valence-corrected chi connectivity index (χ3v) is 8.03. The van der Waals surface area contributed by atoms with Gasteiger partial charge in [0.15, 0.2) is 6.10 Å². The van der Waals surface area contributed by atoms with Crippen LogP contribution in [0.25, 0.3) is 5.70 Å². The lowest BCUT2D eigenvalue weighted by atomic mass is 9.95. The van der Waals surface area contributed by atoms with Gasteiger partial charge in [-0.3, -0.25) is 15.1 Å². The first-order valence-electron chi connectivity index (χ1n) is 12.1. The van der Waals surface area contributed by atoms with Crippen molar-refractivity contribution < 1.29 is 14.7 Å². The van der Waals surface area contributed by atoms with E-state index in [4.69, 9.17) is 9.82 Å². The molecule has 3 heterocycles. The molecule has 0 spiro atoms. The highest BCUT2D eigenvalue weighted by Gasteiger charge is 2.31. The molecule has 7 heteroatoms. The number of benzene rings is 2. The molecule has 1 amide bonds. The van der Waals surface area contributed by atoms with Crippen LogP contribution in [0.5, 0.6) is 0 Å². The first-order chi connectivity index (χ1) is 16.9. The Kier molecular flexibility index (Phi) is 6.73. The fourth-order valence-electron chi connectivity index (χ4n) is 4.85. The number of likely N-dealkylation sites (tertiary alicyclic amines) is 1. The van der Waals surface area contributed by atoms with E-state index in [-0.39, 0.29) is 12.0 Å². The molecular formula is C28H31N3O3S. The monoisotopic (exact) mass is 489 g/mol. The third kappa shape index (κ3) is 4.89. The Hall–Kier alpha value is -3.00. The van der Waals surface area contributed by atoms with Gasteiger partial charge < -0.3 is 10.0 Å². The van der Waals surface area contributed by atoms with E-state index in [1.807, 2.05) is 44.2 Å². The van der Waals surface area contributed by atoms with Crippen LogP contribution in [-0.4, -0.2) is 34.0 Å². The molecule has 35 heavy (non-hydrogen) atoms. The van der Waals surface area contributed by atoms with E-state index in [0.717, 1.165) is 45.9 Å². The highest BCUT2D eigenvalue weighted by Crippen LogP contribution is 2.35. The summed E-state index contributed by atoms with van der Waals surface area (Å²) in [4.78, 5) is 25.5. The van der Waals surface area contributed by atoms with Crippen molar-refractivity contribution in [2.24, 2.45) is 0 Å². The van der Waals surface area contributed by atoms with Gasteiger partial charge in [0, 0.05) is 24.4 Å². The zero-order chi connectivity index (χ0) is 24.5. The lowest BCUT2D eigenvalue weighted by Crippen LogP contribution is -2.40. The second kappa shape index (κ2) is 9.93. The maximum Gasteiger partial charge on any atom is 0.256 e. The highest BCUT2D eigenvalue weighted by molar-refractivity contribution is 7.09. The Bertz CT molecular complexity index is 1260. The molecule has 6 nitrogen and oxygen atoms in total. The molecule has 2 N–H and O–H groups in total. The normalized spacial score (nSPS) is 19.4. The lowest BCUT2D eigenvalue weighted by Gasteiger charge is -2.32. The summed E-state index contributed by atoms with van der Waals surface area (Å²) in [5.74, 6) is 0.0995. The van der Waals surface area contributed by atoms with Crippen molar-refractivity contribution in [3.63, 3.8) is 0 Å². The summed E-state index contributed by atoms with van der Waals surface area (Å²) in [6.45, 7) is 7.24. The molecule has 2 atom stereocenters. The number of aryl methyl sites for hydroxylation is 3. The summed E-state index contributed by atoms with van der Waals surface area (Å²) in [5.41, 5.74) is 9.85. The number of carbonyl (C=O) groups is 1. The number of carbonyl (C=O) groups excluding carboxylic acids is 1. The Balaban J connectivity index is 1.21. The summed E-state index contributed by atoms with van der Waals surface area (Å²) in [7, 11) is 0. The fraction of sp³-hybridized carbons (Fsp3) is 0.357. The molecular weight excluding hydrogens is 458 g/mol. The predicted octanol–water partition coefficient (Wildman–Crippen LogP) is 5.12. The lowest BCUT2D eigenvalue weighted by molar-refractivity contribution is -0.141. The number of aromatic nitrogens is 1. The summed E-state index contributed by atoms with van der Waals surface area (Å²) in [6.07, 6.45) is 2.52. The molecule has 3 aromatic rings. The van der Waals surface area contributed by atoms with Crippen LogP contribution < -0.4 is 5.48 Å². The average Bonchev–Trinajstić information content (AvgIpc) is 3.55. The van der Waals surface area contributed by atoms with Crippen molar-refractivity contribution in [2.45, 2.75) is 51.7 Å². The molecule has 2 aromatic carbocycles. The van der Waals surface area contributed by atoms with Gasteiger partial charge in [-0.2, -0.15) is 0 Å². The minimum atomic E-state index is -1.11. The number of amides is 1. The molecule has 1 fully saturated rings. The highest BCUT2D eigenvalue weighted by atomic mass is 32.1. The van der Waals surface area contributed by atoms with Gasteiger partial charge in [0.25, 0.3) is 5.91 Å².